The van der Waals surface area contributed by atoms with E-state index in [0.717, 1.165) is 26.7 Å². The van der Waals surface area contributed by atoms with Crippen molar-refractivity contribution < 1.29 is 33.4 Å². The lowest BCUT2D eigenvalue weighted by Gasteiger charge is -2.27. The van der Waals surface area contributed by atoms with Crippen LogP contribution in [-0.2, 0) is 23.8 Å². The van der Waals surface area contributed by atoms with Gasteiger partial charge in [-0.3, -0.25) is 29.4 Å². The molecule has 48 heavy (non-hydrogen) atoms. The molecule has 1 unspecified atom stereocenters. The van der Waals surface area contributed by atoms with Gasteiger partial charge in [-0.1, -0.05) is 12.1 Å². The number of imide groups is 2. The number of nitrogens with one attached hydrogen (secondary N) is 3. The second-order valence-corrected chi connectivity index (χ2v) is 12.5. The Morgan fingerprint density at radius 1 is 0.854 bits per heavy atom. The zero-order valence-corrected chi connectivity index (χ0v) is 27.4. The number of benzene rings is 3. The molecular weight excluding hydrogens is 634 g/mol. The first-order chi connectivity index (χ1) is 23.4. The van der Waals surface area contributed by atoms with Gasteiger partial charge >= 0.3 is 0 Å². The summed E-state index contributed by atoms with van der Waals surface area (Å²) >= 11 is 1.70. The van der Waals surface area contributed by atoms with Crippen LogP contribution in [0.2, 0.25) is 0 Å². The fourth-order valence-electron chi connectivity index (χ4n) is 5.62. The first kappa shape index (κ1) is 33.2. The Morgan fingerprint density at radius 3 is 2.29 bits per heavy atom. The SMILES string of the molecule is Cc1ccc2nc(-c3ccc(NCCOCCOCCOCCNc4cccc5c4C(=O)N(C4CCC(=O)NC4=O)C5=O)cc3)sc2c1. The van der Waals surface area contributed by atoms with E-state index in [-0.39, 0.29) is 24.0 Å². The monoisotopic (exact) mass is 671 g/mol. The number of hydrogen-bond donors (Lipinski definition) is 3. The molecule has 4 amide bonds. The van der Waals surface area contributed by atoms with Crippen molar-refractivity contribution in [2.24, 2.45) is 0 Å². The quantitative estimate of drug-likeness (QED) is 0.117. The number of hydrogen-bond acceptors (Lipinski definition) is 11. The number of nitrogens with zero attached hydrogens (tertiary/aromatic N) is 2. The molecular formula is C35H37N5O7S. The zero-order valence-electron chi connectivity index (χ0n) is 26.6. The summed E-state index contributed by atoms with van der Waals surface area (Å²) in [6, 6.07) is 18.5. The van der Waals surface area contributed by atoms with Crippen LogP contribution in [0, 0.1) is 6.92 Å². The van der Waals surface area contributed by atoms with Gasteiger partial charge in [0.05, 0.1) is 61.0 Å². The molecule has 2 aliphatic heterocycles. The van der Waals surface area contributed by atoms with Crippen molar-refractivity contribution >= 4 is 56.6 Å². The summed E-state index contributed by atoms with van der Waals surface area (Å²) in [6.45, 7) is 5.80. The lowest BCUT2D eigenvalue weighted by molar-refractivity contribution is -0.136. The third-order valence-corrected chi connectivity index (χ3v) is 9.09. The van der Waals surface area contributed by atoms with E-state index in [1.165, 1.54) is 10.3 Å². The summed E-state index contributed by atoms with van der Waals surface area (Å²) in [5, 5.41) is 9.73. The standard InChI is InChI=1S/C35H37N5O7S/c1-22-5-10-26-29(21-22)48-33(38-26)23-6-8-24(9-7-23)36-13-15-45-17-19-47-20-18-46-16-14-37-27-4-2-3-25-31(27)35(44)40(34(25)43)28-11-12-30(41)39-32(28)42/h2-10,21,28,36-37H,11-20H2,1H3,(H,39,41,42). The molecule has 12 nitrogen and oxygen atoms in total. The van der Waals surface area contributed by atoms with Crippen molar-refractivity contribution in [1.82, 2.24) is 15.2 Å². The van der Waals surface area contributed by atoms with Crippen molar-refractivity contribution in [2.75, 3.05) is 63.4 Å². The van der Waals surface area contributed by atoms with Crippen LogP contribution in [0.3, 0.4) is 0 Å². The molecule has 6 rings (SSSR count). The van der Waals surface area contributed by atoms with Gasteiger partial charge in [-0.15, -0.1) is 11.3 Å². The minimum atomic E-state index is -1.00. The van der Waals surface area contributed by atoms with Crippen molar-refractivity contribution in [3.63, 3.8) is 0 Å². The smallest absolute Gasteiger partial charge is 0.264 e. The number of amides is 4. The minimum Gasteiger partial charge on any atom is -0.383 e. The molecule has 0 aliphatic carbocycles. The fourth-order valence-corrected chi connectivity index (χ4v) is 6.68. The first-order valence-electron chi connectivity index (χ1n) is 15.9. The largest absolute Gasteiger partial charge is 0.383 e. The van der Waals surface area contributed by atoms with E-state index in [1.807, 2.05) is 0 Å². The van der Waals surface area contributed by atoms with Crippen LogP contribution in [0.5, 0.6) is 0 Å². The van der Waals surface area contributed by atoms with E-state index < -0.39 is 29.7 Å². The Morgan fingerprint density at radius 2 is 1.56 bits per heavy atom. The average molecular weight is 672 g/mol. The van der Waals surface area contributed by atoms with E-state index in [2.05, 4.69) is 65.3 Å². The number of carbonyl (C=O) groups excluding carboxylic acids is 4. The Kier molecular flexibility index (Phi) is 10.7. The molecule has 1 atom stereocenters. The molecule has 1 saturated heterocycles. The third kappa shape index (κ3) is 7.71. The molecule has 0 radical (unpaired) electrons. The minimum absolute atomic E-state index is 0.0731. The van der Waals surface area contributed by atoms with E-state index in [4.69, 9.17) is 19.2 Å². The van der Waals surface area contributed by atoms with E-state index in [9.17, 15) is 19.2 Å². The van der Waals surface area contributed by atoms with Crippen LogP contribution in [-0.4, -0.2) is 92.3 Å². The number of rotatable bonds is 16. The summed E-state index contributed by atoms with van der Waals surface area (Å²) in [6.07, 6.45) is 0.185. The Bertz CT molecular complexity index is 1810. The highest BCUT2D eigenvalue weighted by Crippen LogP contribution is 2.33. The maximum absolute atomic E-state index is 13.2. The predicted octanol–water partition coefficient (Wildman–Crippen LogP) is 4.25. The second kappa shape index (κ2) is 15.5. The number of piperidine rings is 1. The Labute approximate surface area is 281 Å². The summed E-state index contributed by atoms with van der Waals surface area (Å²) in [5.41, 5.74) is 5.32. The summed E-state index contributed by atoms with van der Waals surface area (Å²) in [5.74, 6) is -2.13. The Balaban J connectivity index is 0.813. The van der Waals surface area contributed by atoms with Gasteiger partial charge in [-0.25, -0.2) is 4.98 Å². The van der Waals surface area contributed by atoms with E-state index in [1.54, 1.807) is 29.5 Å². The number of carbonyl (C=O) groups is 4. The highest BCUT2D eigenvalue weighted by atomic mass is 32.1. The van der Waals surface area contributed by atoms with Crippen LogP contribution in [0.1, 0.15) is 39.1 Å². The van der Waals surface area contributed by atoms with Gasteiger partial charge in [0.2, 0.25) is 11.8 Å². The number of fused-ring (bicyclic) bond motifs is 2. The van der Waals surface area contributed by atoms with Crippen molar-refractivity contribution in [2.45, 2.75) is 25.8 Å². The number of aryl methyl sites for hydroxylation is 1. The van der Waals surface area contributed by atoms with Crippen LogP contribution in [0.15, 0.2) is 60.7 Å². The molecule has 0 saturated carbocycles. The molecule has 3 heterocycles. The van der Waals surface area contributed by atoms with E-state index in [0.29, 0.717) is 58.4 Å². The normalized spacial score (nSPS) is 16.0. The lowest BCUT2D eigenvalue weighted by atomic mass is 10.0. The molecule has 13 heteroatoms. The highest BCUT2D eigenvalue weighted by Gasteiger charge is 2.45. The summed E-state index contributed by atoms with van der Waals surface area (Å²) in [7, 11) is 0. The van der Waals surface area contributed by atoms with Gasteiger partial charge in [0, 0.05) is 36.4 Å². The molecule has 250 valence electrons. The molecule has 1 fully saturated rings. The number of thiazole rings is 1. The maximum Gasteiger partial charge on any atom is 0.264 e. The zero-order chi connectivity index (χ0) is 33.5. The topological polar surface area (TPSA) is 148 Å². The fraction of sp³-hybridized carbons (Fsp3) is 0.343. The average Bonchev–Trinajstić information content (AvgIpc) is 3.61. The molecule has 0 spiro atoms. The summed E-state index contributed by atoms with van der Waals surface area (Å²) in [4.78, 5) is 55.6. The molecule has 4 aromatic rings. The van der Waals surface area contributed by atoms with Gasteiger partial charge in [0.1, 0.15) is 11.0 Å². The van der Waals surface area contributed by atoms with Crippen LogP contribution in [0.25, 0.3) is 20.8 Å². The first-order valence-corrected chi connectivity index (χ1v) is 16.7. The van der Waals surface area contributed by atoms with Crippen molar-refractivity contribution in [1.29, 1.82) is 0 Å². The van der Waals surface area contributed by atoms with Crippen LogP contribution in [0.4, 0.5) is 11.4 Å². The molecule has 3 aromatic carbocycles. The lowest BCUT2D eigenvalue weighted by Crippen LogP contribution is -2.54. The van der Waals surface area contributed by atoms with Gasteiger partial charge in [0.15, 0.2) is 0 Å². The molecule has 2 aliphatic rings. The van der Waals surface area contributed by atoms with E-state index >= 15 is 0 Å². The molecule has 1 aromatic heterocycles. The number of anilines is 2. The molecule has 3 N–H and O–H groups in total. The van der Waals surface area contributed by atoms with Gasteiger partial charge in [-0.2, -0.15) is 0 Å². The van der Waals surface area contributed by atoms with Crippen molar-refractivity contribution in [3.8, 4) is 10.6 Å². The number of ether oxygens (including phenoxy) is 3. The van der Waals surface area contributed by atoms with Crippen LogP contribution < -0.4 is 16.0 Å². The highest BCUT2D eigenvalue weighted by molar-refractivity contribution is 7.21. The number of aromatic nitrogens is 1. The maximum atomic E-state index is 13.2. The summed E-state index contributed by atoms with van der Waals surface area (Å²) < 4.78 is 18.1. The van der Waals surface area contributed by atoms with Gasteiger partial charge in [-0.05, 0) is 67.4 Å². The van der Waals surface area contributed by atoms with Gasteiger partial charge in [0.25, 0.3) is 11.8 Å². The third-order valence-electron chi connectivity index (χ3n) is 8.03. The Hall–Kier alpha value is -4.69. The molecule has 0 bridgehead atoms. The predicted molar refractivity (Wildman–Crippen MR) is 182 cm³/mol. The van der Waals surface area contributed by atoms with Crippen LogP contribution >= 0.6 is 11.3 Å². The van der Waals surface area contributed by atoms with Gasteiger partial charge < -0.3 is 24.8 Å². The van der Waals surface area contributed by atoms with Crippen molar-refractivity contribution in [3.05, 3.63) is 77.4 Å². The second-order valence-electron chi connectivity index (χ2n) is 11.4.